The fourth-order valence-corrected chi connectivity index (χ4v) is 14.3. The number of rotatable bonds is 20. The van der Waals surface area contributed by atoms with Gasteiger partial charge in [-0.3, -0.25) is 4.79 Å². The van der Waals surface area contributed by atoms with Gasteiger partial charge in [-0.1, -0.05) is 180 Å². The zero-order chi connectivity index (χ0) is 44.6. The maximum absolute atomic E-state index is 14.8. The molecule has 3 aromatic carbocycles. The molecule has 59 heavy (non-hydrogen) atoms. The molecule has 328 valence electrons. The van der Waals surface area contributed by atoms with Crippen molar-refractivity contribution >= 4 is 41.1 Å². The van der Waals surface area contributed by atoms with Gasteiger partial charge in [0.2, 0.25) is 0 Å². The summed E-state index contributed by atoms with van der Waals surface area (Å²) in [7, 11) is -7.25. The Kier molecular flexibility index (Phi) is 17.8. The van der Waals surface area contributed by atoms with Crippen LogP contribution in [0.1, 0.15) is 95.6 Å². The van der Waals surface area contributed by atoms with Crippen molar-refractivity contribution in [3.8, 4) is 0 Å². The lowest BCUT2D eigenvalue weighted by atomic mass is 9.83. The van der Waals surface area contributed by atoms with Gasteiger partial charge in [0.1, 0.15) is 11.9 Å². The van der Waals surface area contributed by atoms with Gasteiger partial charge in [-0.25, -0.2) is 0 Å². The van der Waals surface area contributed by atoms with Gasteiger partial charge in [0.05, 0.1) is 25.4 Å². The molecule has 0 radical (unpaired) electrons. The molecule has 0 aromatic heterocycles. The first-order chi connectivity index (χ1) is 27.2. The van der Waals surface area contributed by atoms with Crippen molar-refractivity contribution in [1.82, 2.24) is 0 Å². The van der Waals surface area contributed by atoms with E-state index in [-0.39, 0.29) is 40.0 Å². The summed E-state index contributed by atoms with van der Waals surface area (Å²) < 4.78 is 27.7. The van der Waals surface area contributed by atoms with E-state index in [1.54, 1.807) is 0 Å². The predicted molar refractivity (Wildman–Crippen MR) is 256 cm³/mol. The van der Waals surface area contributed by atoms with Crippen molar-refractivity contribution < 1.29 is 27.9 Å². The van der Waals surface area contributed by atoms with Crippen molar-refractivity contribution in [1.29, 1.82) is 0 Å². The average molecular weight is 861 g/mol. The fourth-order valence-electron chi connectivity index (χ4n) is 7.28. The highest BCUT2D eigenvalue weighted by molar-refractivity contribution is 6.99. The smallest absolute Gasteiger partial charge is 0.261 e. The van der Waals surface area contributed by atoms with E-state index in [1.165, 1.54) is 0 Å². The van der Waals surface area contributed by atoms with Crippen molar-refractivity contribution in [2.45, 2.75) is 156 Å². The van der Waals surface area contributed by atoms with E-state index in [0.717, 1.165) is 21.5 Å². The Labute approximate surface area is 362 Å². The summed E-state index contributed by atoms with van der Waals surface area (Å²) in [6.07, 6.45) is -0.141. The van der Waals surface area contributed by atoms with Crippen molar-refractivity contribution in [3.63, 3.8) is 0 Å². The van der Waals surface area contributed by atoms with Crippen molar-refractivity contribution in [2.75, 3.05) is 13.2 Å². The quantitative estimate of drug-likeness (QED) is 0.0901. The predicted octanol–water partition coefficient (Wildman–Crippen LogP) is 11.3. The van der Waals surface area contributed by atoms with E-state index in [2.05, 4.69) is 157 Å². The minimum absolute atomic E-state index is 0.0575. The van der Waals surface area contributed by atoms with Gasteiger partial charge >= 0.3 is 0 Å². The number of benzene rings is 3. The van der Waals surface area contributed by atoms with Crippen LogP contribution >= 0.6 is 0 Å². The number of ketones is 1. The van der Waals surface area contributed by atoms with E-state index < -0.39 is 55.1 Å². The highest BCUT2D eigenvalue weighted by atomic mass is 28.4. The molecule has 0 amide bonds. The number of carbonyl (C=O) groups is 1. The maximum atomic E-state index is 14.8. The Balaban J connectivity index is 2.03. The van der Waals surface area contributed by atoms with Gasteiger partial charge in [-0.05, 0) is 75.7 Å². The minimum atomic E-state index is -2.98. The fraction of sp³-hybridized carbons (Fsp3) is 0.580. The van der Waals surface area contributed by atoms with Crippen LogP contribution < -0.4 is 10.4 Å². The SMILES string of the molecule is C/C(=C\[C@H](C)CO[Si](C)(C)C(C)(C)C)[C@H](O[Si](C)(C)C(C)(C)C)[C@@H](C)C(=O)[C@H](C)[C@H](O)[C@H](CO[Si](c1ccccc1)(c1ccccc1)C(C)(C)C)OCc1ccccc1. The summed E-state index contributed by atoms with van der Waals surface area (Å²) in [5, 5.41) is 14.5. The van der Waals surface area contributed by atoms with Gasteiger partial charge in [-0.2, -0.15) is 0 Å². The molecule has 1 N–H and O–H groups in total. The molecule has 6 nitrogen and oxygen atoms in total. The van der Waals surface area contributed by atoms with Crippen LogP contribution in [0.4, 0.5) is 0 Å². The largest absolute Gasteiger partial charge is 0.416 e. The second-order valence-electron chi connectivity index (χ2n) is 21.0. The van der Waals surface area contributed by atoms with Gasteiger partial charge in [0, 0.05) is 18.4 Å². The van der Waals surface area contributed by atoms with E-state index in [4.69, 9.17) is 18.0 Å². The summed E-state index contributed by atoms with van der Waals surface area (Å²) in [5.41, 5.74) is 2.01. The molecule has 0 unspecified atom stereocenters. The monoisotopic (exact) mass is 861 g/mol. The second-order valence-corrected chi connectivity index (χ2v) is 34.9. The summed E-state index contributed by atoms with van der Waals surface area (Å²) in [6.45, 7) is 38.3. The normalized spacial score (nSPS) is 16.9. The first-order valence-electron chi connectivity index (χ1n) is 21.8. The molecule has 3 rings (SSSR count). The standard InChI is InChI=1S/C50H80O6Si3/c1-37(34-54-57(14,15)48(5,6)7)33-38(2)47(56-58(16,17)49(8,9)10)40(4)45(51)39(3)46(52)44(53-35-41-27-21-18-22-28-41)36-55-59(50(11,12)13,42-29-23-19-24-30-42)43-31-25-20-26-32-43/h18-33,37,39-40,44,46-47,52H,34-36H2,1-17H3/b38-33+/t37-,39-,40-,44-,46-,47-/m0/s1. The molecule has 0 saturated heterocycles. The highest BCUT2D eigenvalue weighted by Crippen LogP contribution is 2.41. The van der Waals surface area contributed by atoms with Gasteiger partial charge in [0.25, 0.3) is 8.32 Å². The molecule has 0 saturated carbocycles. The number of Topliss-reactive ketones (excluding diaryl/α,β-unsaturated/α-hetero) is 1. The van der Waals surface area contributed by atoms with E-state index in [9.17, 15) is 9.90 Å². The Morgan fingerprint density at radius 2 is 1.10 bits per heavy atom. The molecule has 0 aliphatic carbocycles. The Morgan fingerprint density at radius 3 is 1.54 bits per heavy atom. The first-order valence-corrected chi connectivity index (χ1v) is 29.5. The molecule has 0 heterocycles. The number of hydrogen-bond donors (Lipinski definition) is 1. The number of aliphatic hydroxyl groups is 1. The Bertz CT molecular complexity index is 1720. The topological polar surface area (TPSA) is 74.2 Å². The lowest BCUT2D eigenvalue weighted by Crippen LogP contribution is -2.67. The number of carbonyl (C=O) groups excluding carboxylic acids is 1. The second kappa shape index (κ2) is 20.6. The van der Waals surface area contributed by atoms with Crippen LogP contribution in [0, 0.1) is 17.8 Å². The van der Waals surface area contributed by atoms with E-state index in [1.807, 2.05) is 56.3 Å². The zero-order valence-electron chi connectivity index (χ0n) is 39.8. The van der Waals surface area contributed by atoms with E-state index in [0.29, 0.717) is 6.61 Å². The van der Waals surface area contributed by atoms with Crippen LogP contribution in [0.25, 0.3) is 0 Å². The Morgan fingerprint density at radius 1 is 0.644 bits per heavy atom. The molecule has 3 aromatic rings. The molecule has 0 aliphatic rings. The van der Waals surface area contributed by atoms with Crippen LogP contribution in [0.5, 0.6) is 0 Å². The summed E-state index contributed by atoms with van der Waals surface area (Å²) >= 11 is 0. The van der Waals surface area contributed by atoms with Crippen molar-refractivity contribution in [2.24, 2.45) is 17.8 Å². The molecule has 0 bridgehead atoms. The lowest BCUT2D eigenvalue weighted by Gasteiger charge is -2.44. The van der Waals surface area contributed by atoms with Crippen LogP contribution in [0.15, 0.2) is 103 Å². The molecule has 0 fully saturated rings. The summed E-state index contributed by atoms with van der Waals surface area (Å²) in [6, 6.07) is 30.9. The van der Waals surface area contributed by atoms with Gasteiger partial charge < -0.3 is 23.1 Å². The number of hydrogen-bond acceptors (Lipinski definition) is 6. The number of aliphatic hydroxyl groups excluding tert-OH is 1. The number of ether oxygens (including phenoxy) is 1. The van der Waals surface area contributed by atoms with Crippen LogP contribution in [-0.4, -0.2) is 67.4 Å². The minimum Gasteiger partial charge on any atom is -0.416 e. The summed E-state index contributed by atoms with van der Waals surface area (Å²) in [5.74, 6) is -1.20. The van der Waals surface area contributed by atoms with Gasteiger partial charge in [0.15, 0.2) is 16.6 Å². The zero-order valence-corrected chi connectivity index (χ0v) is 42.8. The van der Waals surface area contributed by atoms with Crippen molar-refractivity contribution in [3.05, 3.63) is 108 Å². The third-order valence-electron chi connectivity index (χ3n) is 13.2. The van der Waals surface area contributed by atoms with Crippen LogP contribution in [0.2, 0.25) is 41.3 Å². The highest BCUT2D eigenvalue weighted by Gasteiger charge is 2.51. The van der Waals surface area contributed by atoms with E-state index >= 15 is 0 Å². The third kappa shape index (κ3) is 13.0. The molecule has 0 spiro atoms. The van der Waals surface area contributed by atoms with Crippen LogP contribution in [-0.2, 0) is 29.4 Å². The molecular weight excluding hydrogens is 781 g/mol. The molecule has 9 heteroatoms. The van der Waals surface area contributed by atoms with Gasteiger partial charge in [-0.15, -0.1) is 0 Å². The lowest BCUT2D eigenvalue weighted by molar-refractivity contribution is -0.139. The first kappa shape index (κ1) is 50.9. The summed E-state index contributed by atoms with van der Waals surface area (Å²) in [4.78, 5) is 14.8. The average Bonchev–Trinajstić information content (AvgIpc) is 3.16. The molecule has 6 atom stereocenters. The Hall–Kier alpha value is -2.48. The molecular formula is C50H80O6Si3. The molecule has 0 aliphatic heterocycles. The third-order valence-corrected chi connectivity index (χ3v) is 27.1. The van der Waals surface area contributed by atoms with Crippen LogP contribution in [0.3, 0.4) is 0 Å². The maximum Gasteiger partial charge on any atom is 0.261 e.